The van der Waals surface area contributed by atoms with Gasteiger partial charge in [-0.15, -0.1) is 0 Å². The fourth-order valence-corrected chi connectivity index (χ4v) is 8.75. The van der Waals surface area contributed by atoms with Gasteiger partial charge in [-0.1, -0.05) is 255 Å². The summed E-state index contributed by atoms with van der Waals surface area (Å²) in [7, 11) is 0. The molecular formula is C59H111NO5. The first-order chi connectivity index (χ1) is 32.0. The van der Waals surface area contributed by atoms with Crippen molar-refractivity contribution in [2.24, 2.45) is 0 Å². The van der Waals surface area contributed by atoms with Crippen molar-refractivity contribution in [2.45, 2.75) is 314 Å². The SMILES string of the molecule is CCCCCCCCCCC/C=C\C/C=C\CCCCCCCCCCCCCCCCC(O)C(=O)NC(CO)C(O)C(O)CCC/C=C/CC/C=C/CCCCCCCCCCCC. The van der Waals surface area contributed by atoms with Gasteiger partial charge in [0.15, 0.2) is 0 Å². The molecule has 0 aromatic carbocycles. The Morgan fingerprint density at radius 2 is 0.692 bits per heavy atom. The third-order valence-corrected chi connectivity index (χ3v) is 13.2. The molecule has 0 spiro atoms. The van der Waals surface area contributed by atoms with E-state index in [1.807, 2.05) is 0 Å². The van der Waals surface area contributed by atoms with Crippen LogP contribution in [-0.2, 0) is 4.79 Å². The Morgan fingerprint density at radius 3 is 1.06 bits per heavy atom. The summed E-state index contributed by atoms with van der Waals surface area (Å²) in [5.41, 5.74) is 0. The van der Waals surface area contributed by atoms with Gasteiger partial charge < -0.3 is 25.7 Å². The Balaban J connectivity index is 3.66. The molecule has 0 aromatic heterocycles. The maximum atomic E-state index is 12.6. The van der Waals surface area contributed by atoms with Crippen LogP contribution in [0.25, 0.3) is 0 Å². The van der Waals surface area contributed by atoms with Crippen molar-refractivity contribution < 1.29 is 25.2 Å². The number of carbonyl (C=O) groups is 1. The predicted octanol–water partition coefficient (Wildman–Crippen LogP) is 16.6. The number of hydrogen-bond donors (Lipinski definition) is 5. The second-order valence-electron chi connectivity index (χ2n) is 19.6. The van der Waals surface area contributed by atoms with Crippen molar-refractivity contribution in [1.82, 2.24) is 5.32 Å². The van der Waals surface area contributed by atoms with E-state index < -0.39 is 36.9 Å². The molecular weight excluding hydrogens is 803 g/mol. The zero-order chi connectivity index (χ0) is 47.4. The molecule has 0 aromatic rings. The van der Waals surface area contributed by atoms with Crippen LogP contribution in [-0.4, -0.2) is 57.3 Å². The summed E-state index contributed by atoms with van der Waals surface area (Å²) in [6, 6.07) is -1.01. The molecule has 0 heterocycles. The minimum atomic E-state index is -1.29. The van der Waals surface area contributed by atoms with Gasteiger partial charge in [-0.25, -0.2) is 0 Å². The van der Waals surface area contributed by atoms with Gasteiger partial charge in [0.1, 0.15) is 12.2 Å². The number of rotatable bonds is 52. The lowest BCUT2D eigenvalue weighted by atomic mass is 10.00. The van der Waals surface area contributed by atoms with Crippen LogP contribution in [0.2, 0.25) is 0 Å². The molecule has 65 heavy (non-hydrogen) atoms. The summed E-state index contributed by atoms with van der Waals surface area (Å²) in [5, 5.41) is 43.9. The number of nitrogens with one attached hydrogen (secondary N) is 1. The van der Waals surface area contributed by atoms with Crippen molar-refractivity contribution in [3.63, 3.8) is 0 Å². The Kier molecular flexibility index (Phi) is 51.8. The lowest BCUT2D eigenvalue weighted by Crippen LogP contribution is -2.53. The first-order valence-corrected chi connectivity index (χ1v) is 28.5. The molecule has 0 rings (SSSR count). The minimum absolute atomic E-state index is 0.359. The number of carbonyl (C=O) groups excluding carboxylic acids is 1. The fourth-order valence-electron chi connectivity index (χ4n) is 8.75. The summed E-state index contributed by atoms with van der Waals surface area (Å²) in [6.45, 7) is 4.06. The van der Waals surface area contributed by atoms with Gasteiger partial charge in [0.2, 0.25) is 5.91 Å². The van der Waals surface area contributed by atoms with Crippen molar-refractivity contribution in [1.29, 1.82) is 0 Å². The standard InChI is InChI=1S/C59H111NO5/c1-3-5-7-9-11-13-15-17-19-21-23-24-25-26-27-28-29-30-31-32-33-35-37-39-41-43-45-47-49-51-53-57(63)59(65)60-55(54-61)58(64)56(62)52-50-48-46-44-42-40-38-36-34-22-20-18-16-14-12-10-8-6-4-2/h23-24,26-27,36,38,44,46,55-58,61-64H,3-22,25,28-35,37,39-43,45,47-54H2,1-2H3,(H,60,65)/b24-23-,27-26-,38-36+,46-44+. The highest BCUT2D eigenvalue weighted by Crippen LogP contribution is 2.17. The largest absolute Gasteiger partial charge is 0.394 e. The number of hydrogen-bond acceptors (Lipinski definition) is 5. The van der Waals surface area contributed by atoms with Crippen molar-refractivity contribution in [2.75, 3.05) is 6.61 Å². The lowest BCUT2D eigenvalue weighted by Gasteiger charge is -2.27. The first-order valence-electron chi connectivity index (χ1n) is 28.5. The molecule has 0 aliphatic rings. The molecule has 0 aliphatic heterocycles. The van der Waals surface area contributed by atoms with E-state index in [0.717, 1.165) is 44.9 Å². The monoisotopic (exact) mass is 914 g/mol. The molecule has 1 amide bonds. The third kappa shape index (κ3) is 47.1. The Morgan fingerprint density at radius 1 is 0.385 bits per heavy atom. The van der Waals surface area contributed by atoms with Crippen molar-refractivity contribution in [3.8, 4) is 0 Å². The average molecular weight is 915 g/mol. The van der Waals surface area contributed by atoms with E-state index in [-0.39, 0.29) is 0 Å². The highest BCUT2D eigenvalue weighted by atomic mass is 16.3. The molecule has 6 heteroatoms. The molecule has 6 nitrogen and oxygen atoms in total. The summed E-state index contributed by atoms with van der Waals surface area (Å²) in [5.74, 6) is -0.596. The molecule has 0 saturated carbocycles. The first kappa shape index (κ1) is 63.3. The summed E-state index contributed by atoms with van der Waals surface area (Å²) >= 11 is 0. The molecule has 0 bridgehead atoms. The maximum absolute atomic E-state index is 12.6. The normalized spacial score (nSPS) is 14.1. The molecule has 0 radical (unpaired) electrons. The Bertz CT molecular complexity index is 1070. The van der Waals surface area contributed by atoms with Crippen LogP contribution in [0.4, 0.5) is 0 Å². The second kappa shape index (κ2) is 53.2. The zero-order valence-corrected chi connectivity index (χ0v) is 43.2. The maximum Gasteiger partial charge on any atom is 0.249 e. The van der Waals surface area contributed by atoms with Gasteiger partial charge >= 0.3 is 0 Å². The fraction of sp³-hybridized carbons (Fsp3) is 0.847. The van der Waals surface area contributed by atoms with Gasteiger partial charge in [0.05, 0.1) is 18.8 Å². The number of aliphatic hydroxyl groups excluding tert-OH is 4. The Labute approximate surface area is 404 Å². The van der Waals surface area contributed by atoms with Crippen molar-refractivity contribution >= 4 is 5.91 Å². The number of allylic oxidation sites excluding steroid dienone is 8. The highest BCUT2D eigenvalue weighted by molar-refractivity contribution is 5.80. The summed E-state index contributed by atoms with van der Waals surface area (Å²) in [4.78, 5) is 12.6. The van der Waals surface area contributed by atoms with Crippen LogP contribution >= 0.6 is 0 Å². The Hall–Kier alpha value is -1.73. The van der Waals surface area contributed by atoms with Gasteiger partial charge in [0.25, 0.3) is 0 Å². The molecule has 4 unspecified atom stereocenters. The number of unbranched alkanes of at least 4 members (excludes halogenated alkanes) is 35. The molecule has 0 fully saturated rings. The number of aliphatic hydroxyl groups is 4. The van der Waals surface area contributed by atoms with Crippen LogP contribution < -0.4 is 5.32 Å². The van der Waals surface area contributed by atoms with Gasteiger partial charge in [-0.05, 0) is 83.5 Å². The topological polar surface area (TPSA) is 110 Å². The van der Waals surface area contributed by atoms with E-state index in [0.29, 0.717) is 19.3 Å². The van der Waals surface area contributed by atoms with E-state index in [1.54, 1.807) is 0 Å². The zero-order valence-electron chi connectivity index (χ0n) is 43.2. The molecule has 382 valence electrons. The molecule has 0 saturated heterocycles. The quantitative estimate of drug-likeness (QED) is 0.0308. The van der Waals surface area contributed by atoms with Crippen LogP contribution in [0.3, 0.4) is 0 Å². The highest BCUT2D eigenvalue weighted by Gasteiger charge is 2.28. The average Bonchev–Trinajstić information content (AvgIpc) is 3.31. The molecule has 0 aliphatic carbocycles. The predicted molar refractivity (Wildman–Crippen MR) is 283 cm³/mol. The summed E-state index contributed by atoms with van der Waals surface area (Å²) in [6.07, 6.45) is 67.5. The third-order valence-electron chi connectivity index (χ3n) is 13.2. The van der Waals surface area contributed by atoms with E-state index >= 15 is 0 Å². The molecule has 4 atom stereocenters. The summed E-state index contributed by atoms with van der Waals surface area (Å²) < 4.78 is 0. The van der Waals surface area contributed by atoms with Crippen LogP contribution in [0, 0.1) is 0 Å². The van der Waals surface area contributed by atoms with E-state index in [2.05, 4.69) is 67.8 Å². The minimum Gasteiger partial charge on any atom is -0.394 e. The second-order valence-corrected chi connectivity index (χ2v) is 19.6. The van der Waals surface area contributed by atoms with E-state index in [1.165, 1.54) is 212 Å². The molecule has 5 N–H and O–H groups in total. The van der Waals surface area contributed by atoms with Gasteiger partial charge in [-0.2, -0.15) is 0 Å². The lowest BCUT2D eigenvalue weighted by molar-refractivity contribution is -0.132. The smallest absolute Gasteiger partial charge is 0.249 e. The van der Waals surface area contributed by atoms with Crippen LogP contribution in [0.5, 0.6) is 0 Å². The van der Waals surface area contributed by atoms with Crippen molar-refractivity contribution in [3.05, 3.63) is 48.6 Å². The van der Waals surface area contributed by atoms with E-state index in [9.17, 15) is 25.2 Å². The number of amides is 1. The van der Waals surface area contributed by atoms with Crippen LogP contribution in [0.1, 0.15) is 290 Å². The van der Waals surface area contributed by atoms with E-state index in [4.69, 9.17) is 0 Å². The van der Waals surface area contributed by atoms with Crippen LogP contribution in [0.15, 0.2) is 48.6 Å². The van der Waals surface area contributed by atoms with Gasteiger partial charge in [-0.3, -0.25) is 4.79 Å². The van der Waals surface area contributed by atoms with Gasteiger partial charge in [0, 0.05) is 0 Å².